The number of hydrogen-bond donors (Lipinski definition) is 4. The summed E-state index contributed by atoms with van der Waals surface area (Å²) in [5.74, 6) is -0.274. The summed E-state index contributed by atoms with van der Waals surface area (Å²) in [6.07, 6.45) is 2.80. The number of halogens is 4. The molecule has 19 nitrogen and oxygen atoms in total. The van der Waals surface area contributed by atoms with Crippen LogP contribution in [0, 0.1) is 22.5 Å². The summed E-state index contributed by atoms with van der Waals surface area (Å²) in [4.78, 5) is 16.4. The molecule has 2 aromatic carbocycles. The van der Waals surface area contributed by atoms with Gasteiger partial charge in [0, 0.05) is 22.9 Å². The van der Waals surface area contributed by atoms with Crippen molar-refractivity contribution in [2.75, 3.05) is 33.6 Å². The molecule has 56 heavy (non-hydrogen) atoms. The van der Waals surface area contributed by atoms with E-state index in [1.807, 2.05) is 5.48 Å². The van der Waals surface area contributed by atoms with Crippen LogP contribution in [0.25, 0.3) is 17.2 Å². The number of rotatable bonds is 8. The van der Waals surface area contributed by atoms with E-state index in [9.17, 15) is 35.6 Å². The third-order valence-corrected chi connectivity index (χ3v) is 15.4. The maximum atomic E-state index is 13.6. The Kier molecular flexibility index (Phi) is 9.64. The lowest BCUT2D eigenvalue weighted by Crippen LogP contribution is -2.60. The molecular formula is C31H28Br2F2N10O9S2. The number of sulfone groups is 2. The fourth-order valence-corrected chi connectivity index (χ4v) is 13.0. The summed E-state index contributed by atoms with van der Waals surface area (Å²) < 4.78 is 88.4. The summed E-state index contributed by atoms with van der Waals surface area (Å²) in [7, 11) is -5.76. The molecule has 5 heterocycles. The van der Waals surface area contributed by atoms with Gasteiger partial charge in [0.25, 0.3) is 0 Å². The molecule has 2 aliphatic carbocycles. The maximum absolute atomic E-state index is 13.6. The van der Waals surface area contributed by atoms with Gasteiger partial charge in [0.15, 0.2) is 36.9 Å². The van der Waals surface area contributed by atoms with E-state index in [4.69, 9.17) is 13.8 Å². The molecule has 2 saturated carbocycles. The number of aromatic nitrogens is 6. The first-order chi connectivity index (χ1) is 26.5. The first kappa shape index (κ1) is 38.3. The molecule has 4 N–H and O–H groups in total. The quantitative estimate of drug-likeness (QED) is 0.0980. The average molecular weight is 947 g/mol. The number of aliphatic imine (C=N–C) groups is 1. The van der Waals surface area contributed by atoms with Crippen molar-refractivity contribution in [3.8, 4) is 17.2 Å². The Labute approximate surface area is 331 Å². The number of nitrogens with zero attached hydrogens (tertiary/aromatic N) is 7. The number of hydroxylamine groups is 1. The first-order valence-corrected chi connectivity index (χ1v) is 21.9. The van der Waals surface area contributed by atoms with Crippen LogP contribution in [0.4, 0.5) is 26.1 Å². The van der Waals surface area contributed by atoms with Crippen molar-refractivity contribution in [1.82, 2.24) is 35.8 Å². The highest BCUT2D eigenvalue weighted by molar-refractivity contribution is 9.10. The molecule has 0 amide bonds. The van der Waals surface area contributed by atoms with E-state index >= 15 is 0 Å². The molecule has 0 atom stereocenters. The number of amidine groups is 1. The zero-order valence-corrected chi connectivity index (χ0v) is 33.3. The van der Waals surface area contributed by atoms with Crippen molar-refractivity contribution >= 4 is 74.7 Å². The van der Waals surface area contributed by atoms with E-state index in [0.29, 0.717) is 37.1 Å². The van der Waals surface area contributed by atoms with E-state index in [1.165, 1.54) is 36.4 Å². The van der Waals surface area contributed by atoms with E-state index in [2.05, 4.69) is 73.3 Å². The van der Waals surface area contributed by atoms with Gasteiger partial charge >= 0.3 is 5.76 Å². The van der Waals surface area contributed by atoms with Crippen molar-refractivity contribution in [1.29, 1.82) is 0 Å². The van der Waals surface area contributed by atoms with Crippen LogP contribution >= 0.6 is 31.9 Å². The Morgan fingerprint density at radius 2 is 1.36 bits per heavy atom. The molecule has 9 rings (SSSR count). The van der Waals surface area contributed by atoms with Crippen molar-refractivity contribution in [3.63, 3.8) is 0 Å². The standard InChI is InChI=1S/C16H13BrFN5O5S.C15H15BrFN5O4S/c17-10-3-9(1-2-11(10)18)23-14(22-27-15(23)24)12-13(21-28-20-12)19-8-4-16(5-8)6-29(25,26)7-16;16-10-3-8(1-2-11(10)17)18-13(20-23)12-14(22-26-21-12)19-9-4-15(5-9)6-27(24,25)7-15/h1-3,8H,4-7H2,(H,19,21);1-3,9,23H,4-7H2,(H,18,20)(H,19,22). The smallest absolute Gasteiger partial charge is 0.362 e. The van der Waals surface area contributed by atoms with Gasteiger partial charge in [-0.2, -0.15) is 0 Å². The second-order valence-corrected chi connectivity index (χ2v) is 20.2. The van der Waals surface area contributed by atoms with Crippen LogP contribution in [-0.2, 0) is 19.7 Å². The zero-order valence-electron chi connectivity index (χ0n) is 28.4. The normalized spacial score (nSPS) is 20.2. The molecule has 296 valence electrons. The lowest BCUT2D eigenvalue weighted by Gasteiger charge is -2.53. The van der Waals surface area contributed by atoms with Crippen molar-refractivity contribution in [2.24, 2.45) is 15.8 Å². The largest absolute Gasteiger partial charge is 0.446 e. The lowest BCUT2D eigenvalue weighted by atomic mass is 9.67. The topological polar surface area (TPSA) is 263 Å². The molecule has 2 spiro atoms. The van der Waals surface area contributed by atoms with Crippen LogP contribution in [0.15, 0.2) is 68.9 Å². The van der Waals surface area contributed by atoms with Gasteiger partial charge in [-0.05, 0) is 115 Å². The van der Waals surface area contributed by atoms with Crippen LogP contribution in [0.3, 0.4) is 0 Å². The summed E-state index contributed by atoms with van der Waals surface area (Å²) in [5.41, 5.74) is 2.66. The predicted octanol–water partition coefficient (Wildman–Crippen LogP) is 3.78. The second kappa shape index (κ2) is 14.1. The third-order valence-electron chi connectivity index (χ3n) is 9.93. The zero-order chi connectivity index (χ0) is 39.6. The van der Waals surface area contributed by atoms with E-state index in [0.717, 1.165) is 4.57 Å². The summed E-state index contributed by atoms with van der Waals surface area (Å²) >= 11 is 6.15. The molecule has 0 radical (unpaired) electrons. The first-order valence-electron chi connectivity index (χ1n) is 16.6. The molecule has 3 aromatic heterocycles. The minimum absolute atomic E-state index is 0.00295. The summed E-state index contributed by atoms with van der Waals surface area (Å²) in [6, 6.07) is 8.15. The minimum Gasteiger partial charge on any atom is -0.362 e. The van der Waals surface area contributed by atoms with Crippen LogP contribution in [0.2, 0.25) is 0 Å². The lowest BCUT2D eigenvalue weighted by molar-refractivity contribution is 0.152. The van der Waals surface area contributed by atoms with Crippen LogP contribution in [0.5, 0.6) is 0 Å². The molecule has 2 aliphatic heterocycles. The van der Waals surface area contributed by atoms with E-state index in [-0.39, 0.29) is 89.6 Å². The number of anilines is 2. The van der Waals surface area contributed by atoms with E-state index < -0.39 is 37.1 Å². The summed E-state index contributed by atoms with van der Waals surface area (Å²) in [6.45, 7) is 0. The van der Waals surface area contributed by atoms with Crippen molar-refractivity contribution in [3.05, 3.63) is 73.2 Å². The number of hydrogen-bond acceptors (Lipinski definition) is 17. The minimum atomic E-state index is -2.89. The highest BCUT2D eigenvalue weighted by Crippen LogP contribution is 2.52. The SMILES string of the molecule is O=S1(=O)CC2(CC(Nc3nonc3C(=Nc3ccc(F)c(Br)c3)NO)C2)C1.O=c1onc(-c2nonc2NC2CC3(C2)CS(=O)(=O)C3)n1-c1ccc(F)c(Br)c1. The van der Waals surface area contributed by atoms with E-state index in [1.54, 1.807) is 0 Å². The van der Waals surface area contributed by atoms with Gasteiger partial charge in [0.1, 0.15) is 11.6 Å². The second-order valence-electron chi connectivity index (χ2n) is 14.4. The molecule has 4 aliphatic rings. The Morgan fingerprint density at radius 3 is 1.93 bits per heavy atom. The van der Waals surface area contributed by atoms with Gasteiger partial charge in [-0.25, -0.2) is 49.2 Å². The molecule has 25 heteroatoms. The average Bonchev–Trinajstić information content (AvgIpc) is 3.83. The van der Waals surface area contributed by atoms with Gasteiger partial charge in [-0.1, -0.05) is 5.16 Å². The van der Waals surface area contributed by atoms with Gasteiger partial charge in [0.2, 0.25) is 17.5 Å². The van der Waals surface area contributed by atoms with Gasteiger partial charge in [-0.3, -0.25) is 15.2 Å². The Morgan fingerprint density at radius 1 is 0.804 bits per heavy atom. The van der Waals surface area contributed by atoms with Gasteiger partial charge < -0.3 is 10.6 Å². The van der Waals surface area contributed by atoms with Crippen molar-refractivity contribution in [2.45, 2.75) is 37.8 Å². The van der Waals surface area contributed by atoms with Crippen molar-refractivity contribution < 1.29 is 44.6 Å². The van der Waals surface area contributed by atoms with Crippen LogP contribution in [0.1, 0.15) is 31.4 Å². The fraction of sp³-hybridized carbons (Fsp3) is 0.387. The number of nitrogens with one attached hydrogen (secondary N) is 3. The highest BCUT2D eigenvalue weighted by Gasteiger charge is 2.57. The Balaban J connectivity index is 0.000000158. The monoisotopic (exact) mass is 944 g/mol. The molecular weight excluding hydrogens is 918 g/mol. The maximum Gasteiger partial charge on any atom is 0.446 e. The Bertz CT molecular complexity index is 2630. The molecule has 0 unspecified atom stereocenters. The summed E-state index contributed by atoms with van der Waals surface area (Å²) in [5, 5.41) is 34.7. The van der Waals surface area contributed by atoms with Gasteiger partial charge in [-0.15, -0.1) is 0 Å². The fourth-order valence-electron chi connectivity index (χ4n) is 7.75. The molecule has 0 bridgehead atoms. The molecule has 5 aromatic rings. The number of benzene rings is 2. The predicted molar refractivity (Wildman–Crippen MR) is 198 cm³/mol. The Hall–Kier alpha value is -4.59. The van der Waals surface area contributed by atoms with Crippen LogP contribution in [-0.4, -0.2) is 93.3 Å². The third kappa shape index (κ3) is 7.48. The van der Waals surface area contributed by atoms with Gasteiger partial charge in [0.05, 0.1) is 43.3 Å². The molecule has 2 saturated heterocycles. The molecule has 4 fully saturated rings. The highest BCUT2D eigenvalue weighted by atomic mass is 79.9. The van der Waals surface area contributed by atoms with Crippen LogP contribution < -0.4 is 21.9 Å².